The summed E-state index contributed by atoms with van der Waals surface area (Å²) in [5.74, 6) is 0.0782. The topological polar surface area (TPSA) is 76.6 Å². The SMILES string of the molecule is CN(C)c1ccc([C@H]2C(C#N)=C(N)N(N(C)C)C3=C2C(=O)CC(C)(C)C3)cc1. The van der Waals surface area contributed by atoms with Crippen LogP contribution in [-0.2, 0) is 4.79 Å². The second-order valence-electron chi connectivity index (χ2n) is 8.79. The lowest BCUT2D eigenvalue weighted by Gasteiger charge is -2.45. The molecule has 0 amide bonds. The molecule has 1 heterocycles. The van der Waals surface area contributed by atoms with E-state index < -0.39 is 5.92 Å². The first-order valence-corrected chi connectivity index (χ1v) is 9.48. The summed E-state index contributed by atoms with van der Waals surface area (Å²) in [7, 11) is 7.72. The Bertz CT molecular complexity index is 900. The fourth-order valence-corrected chi connectivity index (χ4v) is 4.25. The number of carbonyl (C=O) groups excluding carboxylic acids is 1. The van der Waals surface area contributed by atoms with Crippen LogP contribution in [0.2, 0.25) is 0 Å². The summed E-state index contributed by atoms with van der Waals surface area (Å²) in [5, 5.41) is 13.6. The van der Waals surface area contributed by atoms with Crippen LogP contribution in [0.25, 0.3) is 0 Å². The lowest BCUT2D eigenvalue weighted by molar-refractivity contribution is -0.119. The molecule has 0 fully saturated rings. The number of allylic oxidation sites excluding steroid dienone is 3. The molecule has 28 heavy (non-hydrogen) atoms. The van der Waals surface area contributed by atoms with E-state index >= 15 is 0 Å². The number of hydrogen-bond acceptors (Lipinski definition) is 6. The van der Waals surface area contributed by atoms with Crippen LogP contribution in [-0.4, -0.2) is 44.0 Å². The number of nitrogens with two attached hydrogens (primary N) is 1. The third kappa shape index (κ3) is 3.27. The van der Waals surface area contributed by atoms with Crippen LogP contribution in [0.1, 0.15) is 38.2 Å². The van der Waals surface area contributed by atoms with Crippen LogP contribution in [0, 0.1) is 16.7 Å². The third-order valence-corrected chi connectivity index (χ3v) is 5.50. The number of Topliss-reactive ketones (excluding diaryl/α,β-unsaturated/α-hetero) is 1. The second kappa shape index (κ2) is 6.99. The van der Waals surface area contributed by atoms with Crippen molar-refractivity contribution in [2.24, 2.45) is 11.1 Å². The van der Waals surface area contributed by atoms with E-state index in [4.69, 9.17) is 5.73 Å². The Morgan fingerprint density at radius 2 is 1.75 bits per heavy atom. The highest BCUT2D eigenvalue weighted by Gasteiger charge is 2.44. The molecule has 1 atom stereocenters. The first kappa shape index (κ1) is 20.0. The van der Waals surface area contributed by atoms with Gasteiger partial charge < -0.3 is 10.6 Å². The summed E-state index contributed by atoms with van der Waals surface area (Å²) >= 11 is 0. The van der Waals surface area contributed by atoms with Crippen molar-refractivity contribution in [3.8, 4) is 6.07 Å². The highest BCUT2D eigenvalue weighted by molar-refractivity contribution is 6.00. The Labute approximate surface area is 167 Å². The van der Waals surface area contributed by atoms with Gasteiger partial charge in [0.1, 0.15) is 5.82 Å². The van der Waals surface area contributed by atoms with Gasteiger partial charge in [-0.05, 0) is 29.5 Å². The van der Waals surface area contributed by atoms with Crippen LogP contribution >= 0.6 is 0 Å². The molecule has 6 nitrogen and oxygen atoms in total. The molecule has 1 aromatic rings. The van der Waals surface area contributed by atoms with E-state index in [0.29, 0.717) is 23.4 Å². The van der Waals surface area contributed by atoms with Crippen molar-refractivity contribution < 1.29 is 4.79 Å². The Balaban J connectivity index is 2.23. The summed E-state index contributed by atoms with van der Waals surface area (Å²) in [4.78, 5) is 15.3. The molecule has 6 heteroatoms. The monoisotopic (exact) mass is 379 g/mol. The number of anilines is 1. The molecule has 1 aliphatic carbocycles. The Morgan fingerprint density at radius 3 is 2.25 bits per heavy atom. The number of nitrogens with zero attached hydrogens (tertiary/aromatic N) is 4. The molecule has 3 rings (SSSR count). The van der Waals surface area contributed by atoms with Crippen LogP contribution in [0.3, 0.4) is 0 Å². The number of benzene rings is 1. The molecule has 2 aliphatic rings. The predicted octanol–water partition coefficient (Wildman–Crippen LogP) is 2.97. The number of carbonyl (C=O) groups is 1. The van der Waals surface area contributed by atoms with Gasteiger partial charge in [-0.15, -0.1) is 0 Å². The van der Waals surface area contributed by atoms with Crippen LogP contribution in [0.15, 0.2) is 46.9 Å². The van der Waals surface area contributed by atoms with E-state index in [1.54, 1.807) is 0 Å². The van der Waals surface area contributed by atoms with Gasteiger partial charge in [0.05, 0.1) is 17.6 Å². The maximum atomic E-state index is 13.3. The van der Waals surface area contributed by atoms with Crippen LogP contribution in [0.5, 0.6) is 0 Å². The Morgan fingerprint density at radius 1 is 1.14 bits per heavy atom. The average Bonchev–Trinajstić information content (AvgIpc) is 2.59. The fraction of sp³-hybridized carbons (Fsp3) is 0.455. The summed E-state index contributed by atoms with van der Waals surface area (Å²) in [6.45, 7) is 4.20. The largest absolute Gasteiger partial charge is 0.383 e. The minimum absolute atomic E-state index is 0.0973. The van der Waals surface area contributed by atoms with Gasteiger partial charge in [-0.1, -0.05) is 26.0 Å². The Hall–Kier alpha value is -2.78. The lowest BCUT2D eigenvalue weighted by atomic mass is 9.69. The van der Waals surface area contributed by atoms with Crippen molar-refractivity contribution in [2.45, 2.75) is 32.6 Å². The molecule has 1 aliphatic heterocycles. The zero-order chi connectivity index (χ0) is 20.8. The number of ketones is 1. The molecule has 0 saturated heterocycles. The van der Waals surface area contributed by atoms with Crippen LogP contribution in [0.4, 0.5) is 5.69 Å². The van der Waals surface area contributed by atoms with Crippen molar-refractivity contribution in [1.29, 1.82) is 5.26 Å². The molecule has 0 aromatic heterocycles. The molecule has 148 valence electrons. The van der Waals surface area contributed by atoms with Gasteiger partial charge in [0.2, 0.25) is 0 Å². The van der Waals surface area contributed by atoms with Crippen molar-refractivity contribution in [2.75, 3.05) is 33.1 Å². The van der Waals surface area contributed by atoms with Crippen molar-refractivity contribution in [1.82, 2.24) is 10.0 Å². The highest BCUT2D eigenvalue weighted by atomic mass is 16.1. The van der Waals surface area contributed by atoms with E-state index in [1.807, 2.05) is 67.4 Å². The van der Waals surface area contributed by atoms with E-state index in [9.17, 15) is 10.1 Å². The molecule has 0 saturated carbocycles. The van der Waals surface area contributed by atoms with E-state index in [0.717, 1.165) is 23.4 Å². The minimum atomic E-state index is -0.420. The highest BCUT2D eigenvalue weighted by Crippen LogP contribution is 2.49. The lowest BCUT2D eigenvalue weighted by Crippen LogP contribution is -2.47. The molecule has 0 spiro atoms. The van der Waals surface area contributed by atoms with Gasteiger partial charge >= 0.3 is 0 Å². The normalized spacial score (nSPS) is 21.7. The molecular formula is C22H29N5O. The maximum absolute atomic E-state index is 13.3. The first-order valence-electron chi connectivity index (χ1n) is 9.48. The number of rotatable bonds is 3. The smallest absolute Gasteiger partial charge is 0.162 e. The number of hydrogen-bond donors (Lipinski definition) is 1. The van der Waals surface area contributed by atoms with Crippen molar-refractivity contribution >= 4 is 11.5 Å². The standard InChI is InChI=1S/C22H29N5O/c1-22(2)11-17-20(18(28)12-22)19(14-7-9-15(10-8-14)25(3)4)16(13-23)21(24)27(17)26(5)6/h7-10,19H,11-12,24H2,1-6H3/t19-/m0/s1. The predicted molar refractivity (Wildman–Crippen MR) is 111 cm³/mol. The Kier molecular flexibility index (Phi) is 4.99. The summed E-state index contributed by atoms with van der Waals surface area (Å²) in [6.07, 6.45) is 1.20. The van der Waals surface area contributed by atoms with E-state index in [1.165, 1.54) is 0 Å². The quantitative estimate of drug-likeness (QED) is 0.870. The van der Waals surface area contributed by atoms with Crippen molar-refractivity contribution in [3.05, 3.63) is 52.5 Å². The zero-order valence-electron chi connectivity index (χ0n) is 17.6. The summed E-state index contributed by atoms with van der Waals surface area (Å²) in [5.41, 5.74) is 10.4. The molecule has 2 N–H and O–H groups in total. The second-order valence-corrected chi connectivity index (χ2v) is 8.79. The van der Waals surface area contributed by atoms with Gasteiger partial charge in [-0.3, -0.25) is 9.80 Å². The van der Waals surface area contributed by atoms with Gasteiger partial charge in [-0.25, -0.2) is 5.01 Å². The zero-order valence-corrected chi connectivity index (χ0v) is 17.6. The fourth-order valence-electron chi connectivity index (χ4n) is 4.25. The van der Waals surface area contributed by atoms with Crippen LogP contribution < -0.4 is 10.6 Å². The molecule has 1 aromatic carbocycles. The van der Waals surface area contributed by atoms with Crippen molar-refractivity contribution in [3.63, 3.8) is 0 Å². The molecule has 0 radical (unpaired) electrons. The van der Waals surface area contributed by atoms with Gasteiger partial charge in [0.25, 0.3) is 0 Å². The number of nitriles is 1. The average molecular weight is 380 g/mol. The van der Waals surface area contributed by atoms with Gasteiger partial charge in [0, 0.05) is 51.6 Å². The number of hydrazine groups is 1. The molecular weight excluding hydrogens is 350 g/mol. The van der Waals surface area contributed by atoms with Gasteiger partial charge in [0.15, 0.2) is 5.78 Å². The molecule has 0 unspecified atom stereocenters. The maximum Gasteiger partial charge on any atom is 0.162 e. The first-order chi connectivity index (χ1) is 13.1. The van der Waals surface area contributed by atoms with Gasteiger partial charge in [-0.2, -0.15) is 5.26 Å². The third-order valence-electron chi connectivity index (χ3n) is 5.50. The molecule has 0 bridgehead atoms. The van der Waals surface area contributed by atoms with E-state index in [2.05, 4.69) is 19.9 Å². The summed E-state index contributed by atoms with van der Waals surface area (Å²) < 4.78 is 0. The minimum Gasteiger partial charge on any atom is -0.383 e. The van der Waals surface area contributed by atoms with E-state index in [-0.39, 0.29) is 11.2 Å². The summed E-state index contributed by atoms with van der Waals surface area (Å²) in [6, 6.07) is 10.3.